The van der Waals surface area contributed by atoms with Gasteiger partial charge in [-0.05, 0) is 113 Å². The second kappa shape index (κ2) is 11.1. The summed E-state index contributed by atoms with van der Waals surface area (Å²) < 4.78 is 16.0. The number of benzene rings is 2. The summed E-state index contributed by atoms with van der Waals surface area (Å²) in [7, 11) is 0. The standard InChI is InChI=1S/C33H34N4O3/c1-21-7-8-22(2)31(17-21)37-25(5)18-27(26(37)6)19-34-35-33(38)32-16-15-30(40-32)20-39-29-13-11-28(12-14-29)36-23(3)9-10-24(36)4/h7-19H,20H2,1-6H3,(H,35,38)/b34-19+. The average Bonchev–Trinajstić information content (AvgIpc) is 3.62. The van der Waals surface area contributed by atoms with Gasteiger partial charge in [-0.25, -0.2) is 5.43 Å². The van der Waals surface area contributed by atoms with Crippen LogP contribution >= 0.6 is 0 Å². The molecule has 1 amide bonds. The fourth-order valence-corrected chi connectivity index (χ4v) is 4.96. The summed E-state index contributed by atoms with van der Waals surface area (Å²) >= 11 is 0. The van der Waals surface area contributed by atoms with Gasteiger partial charge >= 0.3 is 5.91 Å². The summed E-state index contributed by atoms with van der Waals surface area (Å²) in [6, 6.07) is 23.9. The Morgan fingerprint density at radius 3 is 2.30 bits per heavy atom. The maximum Gasteiger partial charge on any atom is 0.307 e. The average molecular weight is 535 g/mol. The van der Waals surface area contributed by atoms with E-state index in [0.717, 1.165) is 34.1 Å². The molecule has 7 nitrogen and oxygen atoms in total. The highest BCUT2D eigenvalue weighted by molar-refractivity contribution is 5.92. The smallest absolute Gasteiger partial charge is 0.307 e. The van der Waals surface area contributed by atoms with E-state index in [9.17, 15) is 4.79 Å². The highest BCUT2D eigenvalue weighted by atomic mass is 16.5. The van der Waals surface area contributed by atoms with Crippen LogP contribution in [0.1, 0.15) is 55.8 Å². The Bertz CT molecular complexity index is 1680. The van der Waals surface area contributed by atoms with Crippen LogP contribution < -0.4 is 10.2 Å². The number of carbonyl (C=O) groups excluding carboxylic acids is 1. The maximum absolute atomic E-state index is 12.6. The minimum absolute atomic E-state index is 0.172. The molecule has 0 unspecified atom stereocenters. The van der Waals surface area contributed by atoms with E-state index < -0.39 is 5.91 Å². The van der Waals surface area contributed by atoms with E-state index in [1.807, 2.05) is 31.2 Å². The topological polar surface area (TPSA) is 73.7 Å². The molecule has 0 atom stereocenters. The monoisotopic (exact) mass is 534 g/mol. The van der Waals surface area contributed by atoms with E-state index in [1.165, 1.54) is 22.5 Å². The Balaban J connectivity index is 1.19. The number of nitrogens with zero attached hydrogens (tertiary/aromatic N) is 3. The van der Waals surface area contributed by atoms with Crippen molar-refractivity contribution >= 4 is 12.1 Å². The number of aromatic nitrogens is 2. The third kappa shape index (κ3) is 5.50. The van der Waals surface area contributed by atoms with Crippen LogP contribution in [0.4, 0.5) is 0 Å². The molecule has 0 bridgehead atoms. The summed E-state index contributed by atoms with van der Waals surface area (Å²) in [6.07, 6.45) is 1.66. The van der Waals surface area contributed by atoms with Crippen LogP contribution in [-0.4, -0.2) is 21.3 Å². The van der Waals surface area contributed by atoms with Crippen molar-refractivity contribution in [3.05, 3.63) is 124 Å². The molecule has 5 aromatic rings. The van der Waals surface area contributed by atoms with Crippen LogP contribution in [0, 0.1) is 41.5 Å². The van der Waals surface area contributed by atoms with Gasteiger partial charge in [0, 0.05) is 39.7 Å². The lowest BCUT2D eigenvalue weighted by molar-refractivity contribution is 0.0923. The van der Waals surface area contributed by atoms with Crippen molar-refractivity contribution in [2.45, 2.75) is 48.1 Å². The molecule has 0 radical (unpaired) electrons. The predicted octanol–water partition coefficient (Wildman–Crippen LogP) is 7.05. The molecule has 0 aliphatic carbocycles. The van der Waals surface area contributed by atoms with E-state index in [-0.39, 0.29) is 12.4 Å². The molecule has 0 saturated carbocycles. The van der Waals surface area contributed by atoms with Crippen molar-refractivity contribution in [1.29, 1.82) is 0 Å². The SMILES string of the molecule is Cc1ccc(C)c(-n2c(C)cc(/C=N/NC(=O)c3ccc(COc4ccc(-n5c(C)ccc5C)cc4)o3)c2C)c1. The van der Waals surface area contributed by atoms with Crippen molar-refractivity contribution in [2.24, 2.45) is 5.10 Å². The summed E-state index contributed by atoms with van der Waals surface area (Å²) in [6.45, 7) is 12.7. The van der Waals surface area contributed by atoms with Crippen molar-refractivity contribution in [3.63, 3.8) is 0 Å². The van der Waals surface area contributed by atoms with Gasteiger partial charge in [0.05, 0.1) is 6.21 Å². The van der Waals surface area contributed by atoms with Gasteiger partial charge in [-0.1, -0.05) is 12.1 Å². The normalized spacial score (nSPS) is 11.3. The molecule has 3 aromatic heterocycles. The molecule has 0 spiro atoms. The Morgan fingerprint density at radius 2 is 1.57 bits per heavy atom. The molecule has 40 heavy (non-hydrogen) atoms. The fraction of sp³-hybridized carbons (Fsp3) is 0.212. The summed E-state index contributed by atoms with van der Waals surface area (Å²) in [4.78, 5) is 12.6. The molecule has 0 fully saturated rings. The number of aryl methyl sites for hydroxylation is 5. The first-order valence-corrected chi connectivity index (χ1v) is 13.3. The lowest BCUT2D eigenvalue weighted by atomic mass is 10.1. The number of ether oxygens (including phenoxy) is 1. The van der Waals surface area contributed by atoms with E-state index in [2.05, 4.69) is 90.7 Å². The first-order chi connectivity index (χ1) is 19.2. The number of nitrogens with one attached hydrogen (secondary N) is 1. The number of carbonyl (C=O) groups is 1. The molecular weight excluding hydrogens is 500 g/mol. The largest absolute Gasteiger partial charge is 0.486 e. The Morgan fingerprint density at radius 1 is 0.850 bits per heavy atom. The molecular formula is C33H34N4O3. The molecule has 5 rings (SSSR count). The number of rotatable bonds is 8. The van der Waals surface area contributed by atoms with Crippen LogP contribution in [0.25, 0.3) is 11.4 Å². The van der Waals surface area contributed by atoms with Gasteiger partial charge in [0.1, 0.15) is 18.1 Å². The van der Waals surface area contributed by atoms with Crippen molar-refractivity contribution in [3.8, 4) is 17.1 Å². The zero-order valence-electron chi connectivity index (χ0n) is 23.8. The van der Waals surface area contributed by atoms with Gasteiger partial charge in [-0.15, -0.1) is 0 Å². The number of furan rings is 1. The number of hydrogen-bond acceptors (Lipinski definition) is 4. The van der Waals surface area contributed by atoms with Gasteiger partial charge in [0.15, 0.2) is 5.76 Å². The van der Waals surface area contributed by atoms with E-state index in [4.69, 9.17) is 9.15 Å². The number of hydrogen-bond donors (Lipinski definition) is 1. The summed E-state index contributed by atoms with van der Waals surface area (Å²) in [5.74, 6) is 1.02. The van der Waals surface area contributed by atoms with Crippen LogP contribution in [-0.2, 0) is 6.61 Å². The molecule has 0 saturated heterocycles. The second-order valence-electron chi connectivity index (χ2n) is 10.2. The number of amides is 1. The first-order valence-electron chi connectivity index (χ1n) is 13.3. The molecule has 3 heterocycles. The Labute approximate surface area is 234 Å². The highest BCUT2D eigenvalue weighted by Crippen LogP contribution is 2.24. The highest BCUT2D eigenvalue weighted by Gasteiger charge is 2.13. The van der Waals surface area contributed by atoms with E-state index >= 15 is 0 Å². The summed E-state index contributed by atoms with van der Waals surface area (Å²) in [5, 5.41) is 4.18. The predicted molar refractivity (Wildman–Crippen MR) is 158 cm³/mol. The van der Waals surface area contributed by atoms with Crippen molar-refractivity contribution in [2.75, 3.05) is 0 Å². The molecule has 1 N–H and O–H groups in total. The van der Waals surface area contributed by atoms with E-state index in [1.54, 1.807) is 18.3 Å². The van der Waals surface area contributed by atoms with Gasteiger partial charge in [0.25, 0.3) is 0 Å². The third-order valence-electron chi connectivity index (χ3n) is 7.08. The molecule has 7 heteroatoms. The number of hydrazone groups is 1. The molecule has 0 aliphatic heterocycles. The Hall–Kier alpha value is -4.78. The van der Waals surface area contributed by atoms with Crippen LogP contribution in [0.3, 0.4) is 0 Å². The van der Waals surface area contributed by atoms with Crippen LogP contribution in [0.15, 0.2) is 82.3 Å². The van der Waals surface area contributed by atoms with Crippen LogP contribution in [0.5, 0.6) is 5.75 Å². The summed E-state index contributed by atoms with van der Waals surface area (Å²) in [5.41, 5.74) is 12.6. The molecule has 2 aromatic carbocycles. The fourth-order valence-electron chi connectivity index (χ4n) is 4.96. The minimum Gasteiger partial charge on any atom is -0.486 e. The van der Waals surface area contributed by atoms with Gasteiger partial charge in [-0.3, -0.25) is 4.79 Å². The third-order valence-corrected chi connectivity index (χ3v) is 7.08. The zero-order chi connectivity index (χ0) is 28.4. The lowest BCUT2D eigenvalue weighted by Crippen LogP contribution is -2.16. The zero-order valence-corrected chi connectivity index (χ0v) is 23.8. The van der Waals surface area contributed by atoms with Crippen molar-refractivity contribution in [1.82, 2.24) is 14.6 Å². The van der Waals surface area contributed by atoms with Crippen LogP contribution in [0.2, 0.25) is 0 Å². The molecule has 204 valence electrons. The maximum atomic E-state index is 12.6. The van der Waals surface area contributed by atoms with Gasteiger partial charge in [0.2, 0.25) is 0 Å². The van der Waals surface area contributed by atoms with Gasteiger partial charge in [-0.2, -0.15) is 5.10 Å². The minimum atomic E-state index is -0.423. The molecule has 0 aliphatic rings. The second-order valence-corrected chi connectivity index (χ2v) is 10.2. The van der Waals surface area contributed by atoms with E-state index in [0.29, 0.717) is 5.76 Å². The first kappa shape index (κ1) is 26.8. The van der Waals surface area contributed by atoms with Gasteiger partial charge < -0.3 is 18.3 Å². The quantitative estimate of drug-likeness (QED) is 0.171. The lowest BCUT2D eigenvalue weighted by Gasteiger charge is -2.13. The van der Waals surface area contributed by atoms with Crippen molar-refractivity contribution < 1.29 is 13.9 Å². The Kier molecular flexibility index (Phi) is 7.47.